The Balaban J connectivity index is 0.000000226. The lowest BCUT2D eigenvalue weighted by Gasteiger charge is -2.33. The number of hydrogen-bond donors (Lipinski definition) is 0. The van der Waals surface area contributed by atoms with Crippen LogP contribution in [0.1, 0.15) is 48.6 Å². The van der Waals surface area contributed by atoms with Crippen molar-refractivity contribution in [3.05, 3.63) is 125 Å². The fourth-order valence-electron chi connectivity index (χ4n) is 7.23. The van der Waals surface area contributed by atoms with Crippen LogP contribution in [-0.2, 0) is 53.5 Å². The van der Waals surface area contributed by atoms with Crippen molar-refractivity contribution in [1.29, 1.82) is 0 Å². The van der Waals surface area contributed by atoms with Crippen molar-refractivity contribution in [3.63, 3.8) is 0 Å². The van der Waals surface area contributed by atoms with Crippen LogP contribution in [0.4, 0.5) is 0 Å². The minimum atomic E-state index is -0.400. The van der Waals surface area contributed by atoms with Gasteiger partial charge in [-0.25, -0.2) is 0 Å². The minimum absolute atomic E-state index is 0.0355. The smallest absolute Gasteiger partial charge is 0.119 e. The van der Waals surface area contributed by atoms with E-state index in [0.717, 1.165) is 56.9 Å². The van der Waals surface area contributed by atoms with E-state index >= 15 is 0 Å². The summed E-state index contributed by atoms with van der Waals surface area (Å²) in [6.45, 7) is 16.4. The molecule has 6 saturated heterocycles. The quantitative estimate of drug-likeness (QED) is 0.0548. The number of benzene rings is 4. The molecule has 0 aliphatic carbocycles. The van der Waals surface area contributed by atoms with E-state index in [1.165, 1.54) is 27.8 Å². The lowest BCUT2D eigenvalue weighted by atomic mass is 9.70. The molecule has 0 radical (unpaired) electrons. The predicted molar refractivity (Wildman–Crippen MR) is 230 cm³/mol. The number of hydrogen-bond acceptors (Lipinski definition) is 12. The maximum atomic E-state index is 5.94. The molecule has 4 aromatic rings. The summed E-state index contributed by atoms with van der Waals surface area (Å²) in [6.07, 6.45) is 1.51. The summed E-state index contributed by atoms with van der Waals surface area (Å²) in [4.78, 5) is 0. The highest BCUT2D eigenvalue weighted by atomic mass is 16.6. The molecule has 0 bridgehead atoms. The van der Waals surface area contributed by atoms with Gasteiger partial charge in [-0.2, -0.15) is 0 Å². The number of ether oxygens (including phenoxy) is 12. The predicted octanol–water partition coefficient (Wildman–Crippen LogP) is 6.30. The van der Waals surface area contributed by atoms with Gasteiger partial charge < -0.3 is 56.8 Å². The highest BCUT2D eigenvalue weighted by Gasteiger charge is 2.34. The molecule has 12 heteroatoms. The Morgan fingerprint density at radius 1 is 0.403 bits per heavy atom. The molecule has 6 fully saturated rings. The Kier molecular flexibility index (Phi) is 13.8. The first-order chi connectivity index (χ1) is 30.3. The molecule has 0 N–H and O–H groups in total. The standard InChI is InChI=1S/C38H40O6.C12H20O6/c1-37(2,27-8-14-31(15-9-27)39-20-34-23-42-34)26-4-6-28(7-5-26)38(3,29-10-16-32(17-11-29)40-21-35-24-43-35)30-12-18-33(19-13-30)41-22-36-25-44-36;1(13-3-10-5-16-10)9(15-7-12-8-18-12)2-14-4-11-6-17-11/h4-19,34-36H,20-25H2,1-3H3;9-12H,1-8H2. The second-order valence-electron chi connectivity index (χ2n) is 17.6. The van der Waals surface area contributed by atoms with Crippen LogP contribution in [-0.4, -0.2) is 135 Å². The molecule has 0 saturated carbocycles. The SMILES string of the molecule is C(OCC1CO1)C(COCC1CO1)OCC1CO1.CC(C)(c1ccc(OCC2CO2)cc1)c1ccc(C(C)(c2ccc(OCC3CO3)cc2)c2ccc(OCC3CO3)cc2)cc1. The van der Waals surface area contributed by atoms with Gasteiger partial charge in [0.05, 0.1) is 72.7 Å². The fourth-order valence-corrected chi connectivity index (χ4v) is 7.23. The van der Waals surface area contributed by atoms with E-state index in [-0.39, 0.29) is 48.1 Å². The molecule has 12 nitrogen and oxygen atoms in total. The van der Waals surface area contributed by atoms with Crippen molar-refractivity contribution in [2.75, 3.05) is 92.5 Å². The van der Waals surface area contributed by atoms with Crippen molar-refractivity contribution in [3.8, 4) is 17.2 Å². The van der Waals surface area contributed by atoms with Gasteiger partial charge in [0.1, 0.15) is 79.8 Å². The summed E-state index contributed by atoms with van der Waals surface area (Å²) in [5.74, 6) is 2.58. The van der Waals surface area contributed by atoms with Crippen molar-refractivity contribution >= 4 is 0 Å². The summed E-state index contributed by atoms with van der Waals surface area (Å²) >= 11 is 0. The summed E-state index contributed by atoms with van der Waals surface area (Å²) in [5.41, 5.74) is 5.50. The van der Waals surface area contributed by atoms with Crippen LogP contribution in [0.2, 0.25) is 0 Å². The van der Waals surface area contributed by atoms with Gasteiger partial charge in [-0.1, -0.05) is 74.5 Å². The molecule has 6 heterocycles. The fraction of sp³-hybridized carbons (Fsp3) is 0.520. The molecule has 10 rings (SSSR count). The molecule has 6 aliphatic rings. The first-order valence-corrected chi connectivity index (χ1v) is 22.1. The molecule has 4 aromatic carbocycles. The highest BCUT2D eigenvalue weighted by molar-refractivity contribution is 5.53. The third-order valence-corrected chi connectivity index (χ3v) is 12.1. The second-order valence-corrected chi connectivity index (χ2v) is 17.6. The molecule has 0 amide bonds. The molecular formula is C50H60O12. The van der Waals surface area contributed by atoms with E-state index in [9.17, 15) is 0 Å². The molecule has 332 valence electrons. The van der Waals surface area contributed by atoms with Gasteiger partial charge in [-0.15, -0.1) is 0 Å². The Labute approximate surface area is 364 Å². The third kappa shape index (κ3) is 12.6. The molecule has 6 aliphatic heterocycles. The normalized spacial score (nSPS) is 25.3. The zero-order chi connectivity index (χ0) is 42.4. The summed E-state index contributed by atoms with van der Waals surface area (Å²) in [7, 11) is 0. The minimum Gasteiger partial charge on any atom is -0.491 e. The molecule has 6 unspecified atom stereocenters. The molecule has 62 heavy (non-hydrogen) atoms. The van der Waals surface area contributed by atoms with Crippen molar-refractivity contribution in [2.45, 2.75) is 74.3 Å². The van der Waals surface area contributed by atoms with Gasteiger partial charge in [0.2, 0.25) is 0 Å². The molecule has 6 atom stereocenters. The third-order valence-electron chi connectivity index (χ3n) is 12.1. The number of rotatable bonds is 25. The van der Waals surface area contributed by atoms with Crippen molar-refractivity contribution in [2.24, 2.45) is 0 Å². The second kappa shape index (κ2) is 19.8. The zero-order valence-corrected chi connectivity index (χ0v) is 36.1. The monoisotopic (exact) mass is 852 g/mol. The van der Waals surface area contributed by atoms with Gasteiger partial charge in [-0.3, -0.25) is 0 Å². The van der Waals surface area contributed by atoms with Crippen LogP contribution >= 0.6 is 0 Å². The highest BCUT2D eigenvalue weighted by Crippen LogP contribution is 2.42. The van der Waals surface area contributed by atoms with Gasteiger partial charge >= 0.3 is 0 Å². The van der Waals surface area contributed by atoms with Crippen molar-refractivity contribution in [1.82, 2.24) is 0 Å². The van der Waals surface area contributed by atoms with Gasteiger partial charge in [0, 0.05) is 10.8 Å². The summed E-state index contributed by atoms with van der Waals surface area (Å²) in [6, 6.07) is 34.5. The van der Waals surface area contributed by atoms with Crippen LogP contribution in [0.15, 0.2) is 97.1 Å². The zero-order valence-electron chi connectivity index (χ0n) is 36.1. The van der Waals surface area contributed by atoms with E-state index in [4.69, 9.17) is 56.8 Å². The van der Waals surface area contributed by atoms with E-state index in [0.29, 0.717) is 52.9 Å². The molecular weight excluding hydrogens is 793 g/mol. The molecule has 0 spiro atoms. The van der Waals surface area contributed by atoms with E-state index in [2.05, 4.69) is 118 Å². The van der Waals surface area contributed by atoms with Crippen molar-refractivity contribution < 1.29 is 56.8 Å². The maximum absolute atomic E-state index is 5.94. The van der Waals surface area contributed by atoms with Crippen LogP contribution < -0.4 is 14.2 Å². The average molecular weight is 853 g/mol. The van der Waals surface area contributed by atoms with E-state index < -0.39 is 5.41 Å². The largest absolute Gasteiger partial charge is 0.491 e. The Bertz CT molecular complexity index is 1900. The van der Waals surface area contributed by atoms with E-state index in [1.807, 2.05) is 0 Å². The van der Waals surface area contributed by atoms with Crippen LogP contribution in [0.5, 0.6) is 17.2 Å². The van der Waals surface area contributed by atoms with Crippen LogP contribution in [0, 0.1) is 0 Å². The maximum Gasteiger partial charge on any atom is 0.119 e. The number of epoxide rings is 6. The van der Waals surface area contributed by atoms with Gasteiger partial charge in [0.15, 0.2) is 0 Å². The summed E-state index contributed by atoms with van der Waals surface area (Å²) < 4.78 is 65.7. The lowest BCUT2D eigenvalue weighted by molar-refractivity contribution is -0.0661. The first kappa shape index (κ1) is 43.2. The van der Waals surface area contributed by atoms with Crippen LogP contribution in [0.25, 0.3) is 0 Å². The average Bonchev–Trinajstić information content (AvgIpc) is 4.08. The topological polar surface area (TPSA) is 131 Å². The lowest BCUT2D eigenvalue weighted by Crippen LogP contribution is -2.28. The Morgan fingerprint density at radius 3 is 1.02 bits per heavy atom. The summed E-state index contributed by atoms with van der Waals surface area (Å²) in [5, 5.41) is 0. The first-order valence-electron chi connectivity index (χ1n) is 22.1. The van der Waals surface area contributed by atoms with Gasteiger partial charge in [0.25, 0.3) is 0 Å². The van der Waals surface area contributed by atoms with Gasteiger partial charge in [-0.05, 0) is 71.1 Å². The Hall–Kier alpha value is -4.08. The molecule has 0 aromatic heterocycles. The van der Waals surface area contributed by atoms with Crippen LogP contribution in [0.3, 0.4) is 0 Å². The van der Waals surface area contributed by atoms with E-state index in [1.54, 1.807) is 0 Å². The Morgan fingerprint density at radius 2 is 0.677 bits per heavy atom.